The Morgan fingerprint density at radius 1 is 1.14 bits per heavy atom. The van der Waals surface area contributed by atoms with Gasteiger partial charge in [0.1, 0.15) is 6.04 Å². The van der Waals surface area contributed by atoms with E-state index in [4.69, 9.17) is 0 Å². The van der Waals surface area contributed by atoms with Gasteiger partial charge in [0.2, 0.25) is 11.6 Å². The van der Waals surface area contributed by atoms with Gasteiger partial charge in [0.25, 0.3) is 5.56 Å². The summed E-state index contributed by atoms with van der Waals surface area (Å²) in [6.45, 7) is 3.49. The van der Waals surface area contributed by atoms with Gasteiger partial charge in [-0.05, 0) is 37.1 Å². The summed E-state index contributed by atoms with van der Waals surface area (Å²) < 4.78 is 40.6. The first-order valence-electron chi connectivity index (χ1n) is 8.61. The van der Waals surface area contributed by atoms with Crippen molar-refractivity contribution in [2.45, 2.75) is 32.6 Å². The predicted molar refractivity (Wildman–Crippen MR) is 98.7 cm³/mol. The number of hydrogen-bond donors (Lipinski definition) is 1. The fourth-order valence-corrected chi connectivity index (χ4v) is 2.98. The first-order valence-corrected chi connectivity index (χ1v) is 8.61. The summed E-state index contributed by atoms with van der Waals surface area (Å²) in [6.07, 6.45) is -4.92. The van der Waals surface area contributed by atoms with E-state index in [9.17, 15) is 22.8 Å². The number of nitrogens with one attached hydrogen (secondary N) is 1. The molecule has 2 aromatic carbocycles. The van der Waals surface area contributed by atoms with Crippen molar-refractivity contribution in [1.29, 1.82) is 0 Å². The molecule has 3 aromatic rings. The van der Waals surface area contributed by atoms with Gasteiger partial charge in [0, 0.05) is 6.54 Å². The molecule has 1 heterocycles. The highest BCUT2D eigenvalue weighted by Gasteiger charge is 2.38. The number of benzene rings is 2. The molecule has 146 valence electrons. The van der Waals surface area contributed by atoms with Crippen LogP contribution in [0.1, 0.15) is 29.8 Å². The van der Waals surface area contributed by atoms with E-state index in [1.54, 1.807) is 6.07 Å². The highest BCUT2D eigenvalue weighted by Crippen LogP contribution is 2.27. The summed E-state index contributed by atoms with van der Waals surface area (Å²) in [4.78, 5) is 28.6. The summed E-state index contributed by atoms with van der Waals surface area (Å²) in [5.74, 6) is -0.560. The monoisotopic (exact) mass is 389 g/mol. The molecule has 0 radical (unpaired) electrons. The molecule has 0 aliphatic heterocycles. The molecule has 5 nitrogen and oxygen atoms in total. The summed E-state index contributed by atoms with van der Waals surface area (Å²) in [7, 11) is 0. The van der Waals surface area contributed by atoms with Crippen molar-refractivity contribution in [3.63, 3.8) is 0 Å². The molecule has 8 heteroatoms. The van der Waals surface area contributed by atoms with E-state index < -0.39 is 29.4 Å². The topological polar surface area (TPSA) is 64.0 Å². The summed E-state index contributed by atoms with van der Waals surface area (Å²) in [5.41, 5.74) is -0.867. The van der Waals surface area contributed by atoms with Gasteiger partial charge in [-0.15, -0.1) is 0 Å². The highest BCUT2D eigenvalue weighted by atomic mass is 19.4. The van der Waals surface area contributed by atoms with E-state index in [-0.39, 0.29) is 17.6 Å². The second-order valence-electron chi connectivity index (χ2n) is 6.44. The molecular formula is C20H18F3N3O2. The second kappa shape index (κ2) is 7.46. The fourth-order valence-electron chi connectivity index (χ4n) is 2.98. The molecule has 0 saturated heterocycles. The number of fused-ring (bicyclic) bond motifs is 1. The lowest BCUT2D eigenvalue weighted by Gasteiger charge is -2.19. The number of amides is 1. The van der Waals surface area contributed by atoms with Crippen LogP contribution in [-0.2, 0) is 17.5 Å². The Labute approximate surface area is 158 Å². The molecule has 1 aromatic heterocycles. The van der Waals surface area contributed by atoms with E-state index >= 15 is 0 Å². The number of halogens is 3. The minimum atomic E-state index is -4.92. The Hall–Kier alpha value is -3.16. The average Bonchev–Trinajstić information content (AvgIpc) is 2.65. The number of rotatable bonds is 4. The number of carbonyl (C=O) groups excluding carboxylic acids is 1. The zero-order chi connectivity index (χ0) is 20.5. The van der Waals surface area contributed by atoms with Crippen molar-refractivity contribution >= 4 is 16.9 Å². The molecule has 3 rings (SSSR count). The summed E-state index contributed by atoms with van der Waals surface area (Å²) in [6, 6.07) is 12.2. The van der Waals surface area contributed by atoms with Crippen molar-refractivity contribution < 1.29 is 18.0 Å². The van der Waals surface area contributed by atoms with Gasteiger partial charge in [-0.2, -0.15) is 13.2 Å². The molecule has 0 saturated carbocycles. The third-order valence-electron chi connectivity index (χ3n) is 4.54. The van der Waals surface area contributed by atoms with Gasteiger partial charge in [-0.1, -0.05) is 36.4 Å². The molecule has 0 unspecified atom stereocenters. The molecule has 1 N–H and O–H groups in total. The lowest BCUT2D eigenvalue weighted by Crippen LogP contribution is -2.39. The third-order valence-corrected chi connectivity index (χ3v) is 4.54. The number of aryl methyl sites for hydroxylation is 1. The van der Waals surface area contributed by atoms with Crippen LogP contribution in [0.4, 0.5) is 13.2 Å². The van der Waals surface area contributed by atoms with Crippen LogP contribution in [0, 0.1) is 6.92 Å². The second-order valence-corrected chi connectivity index (χ2v) is 6.44. The molecule has 0 aliphatic carbocycles. The van der Waals surface area contributed by atoms with Crippen molar-refractivity contribution in [1.82, 2.24) is 14.9 Å². The normalized spacial score (nSPS) is 12.8. The van der Waals surface area contributed by atoms with Crippen LogP contribution in [0.3, 0.4) is 0 Å². The van der Waals surface area contributed by atoms with E-state index in [2.05, 4.69) is 10.3 Å². The summed E-state index contributed by atoms with van der Waals surface area (Å²) >= 11 is 0. The predicted octanol–water partition coefficient (Wildman–Crippen LogP) is 3.60. The maximum atomic E-state index is 13.3. The molecule has 1 atom stereocenters. The Kier molecular flexibility index (Phi) is 5.22. The van der Waals surface area contributed by atoms with Gasteiger partial charge in [-0.25, -0.2) is 4.98 Å². The zero-order valence-electron chi connectivity index (χ0n) is 15.2. The number of hydrogen-bond acceptors (Lipinski definition) is 3. The minimum absolute atomic E-state index is 0.00650. The van der Waals surface area contributed by atoms with Crippen LogP contribution in [0.25, 0.3) is 11.0 Å². The van der Waals surface area contributed by atoms with Crippen molar-refractivity contribution in [2.24, 2.45) is 0 Å². The standard InChI is InChI=1S/C20H18F3N3O2/c1-12-7-3-4-8-14(12)11-24-18(27)13(2)26-16-10-6-5-9-15(16)25-17(19(26)28)20(21,22)23/h3-10,13H,11H2,1-2H3,(H,24,27)/t13-/m1/s1. The Morgan fingerprint density at radius 3 is 2.46 bits per heavy atom. The van der Waals surface area contributed by atoms with Crippen LogP contribution < -0.4 is 10.9 Å². The quantitative estimate of drug-likeness (QED) is 0.742. The zero-order valence-corrected chi connectivity index (χ0v) is 15.2. The lowest BCUT2D eigenvalue weighted by atomic mass is 10.1. The summed E-state index contributed by atoms with van der Waals surface area (Å²) in [5, 5.41) is 2.69. The van der Waals surface area contributed by atoms with Crippen LogP contribution in [-0.4, -0.2) is 15.5 Å². The number of nitrogens with zero attached hydrogens (tertiary/aromatic N) is 2. The Bertz CT molecular complexity index is 1090. The average molecular weight is 389 g/mol. The van der Waals surface area contributed by atoms with Crippen LogP contribution in [0.15, 0.2) is 53.3 Å². The maximum absolute atomic E-state index is 13.3. The first-order chi connectivity index (χ1) is 13.2. The SMILES string of the molecule is Cc1ccccc1CNC(=O)[C@@H](C)n1c(=O)c(C(F)(F)F)nc2ccccc21. The number of para-hydroxylation sites is 2. The minimum Gasteiger partial charge on any atom is -0.350 e. The van der Waals surface area contributed by atoms with E-state index in [0.717, 1.165) is 15.7 Å². The largest absolute Gasteiger partial charge is 0.438 e. The van der Waals surface area contributed by atoms with E-state index in [1.165, 1.54) is 25.1 Å². The highest BCUT2D eigenvalue weighted by molar-refractivity contribution is 5.83. The Morgan fingerprint density at radius 2 is 1.79 bits per heavy atom. The number of aromatic nitrogens is 2. The molecule has 0 spiro atoms. The van der Waals surface area contributed by atoms with E-state index in [1.807, 2.05) is 31.2 Å². The fraction of sp³-hybridized carbons (Fsp3) is 0.250. The molecule has 0 fully saturated rings. The van der Waals surface area contributed by atoms with Gasteiger partial charge < -0.3 is 5.32 Å². The van der Waals surface area contributed by atoms with Gasteiger partial charge in [0.15, 0.2) is 0 Å². The third kappa shape index (κ3) is 3.76. The Balaban J connectivity index is 1.99. The van der Waals surface area contributed by atoms with Crippen molar-refractivity contribution in [3.8, 4) is 0 Å². The molecule has 1 amide bonds. The lowest BCUT2D eigenvalue weighted by molar-refractivity contribution is -0.142. The van der Waals surface area contributed by atoms with Gasteiger partial charge in [0.05, 0.1) is 11.0 Å². The molecule has 28 heavy (non-hydrogen) atoms. The van der Waals surface area contributed by atoms with Crippen LogP contribution in [0.5, 0.6) is 0 Å². The van der Waals surface area contributed by atoms with Crippen LogP contribution >= 0.6 is 0 Å². The maximum Gasteiger partial charge on any atom is 0.438 e. The molecule has 0 aliphatic rings. The first kappa shape index (κ1) is 19.6. The van der Waals surface area contributed by atoms with Crippen LogP contribution in [0.2, 0.25) is 0 Å². The van der Waals surface area contributed by atoms with Gasteiger partial charge >= 0.3 is 6.18 Å². The smallest absolute Gasteiger partial charge is 0.350 e. The van der Waals surface area contributed by atoms with E-state index in [0.29, 0.717) is 0 Å². The van der Waals surface area contributed by atoms with Crippen molar-refractivity contribution in [3.05, 3.63) is 75.7 Å². The molecule has 0 bridgehead atoms. The van der Waals surface area contributed by atoms with Crippen molar-refractivity contribution in [2.75, 3.05) is 0 Å². The molecular weight excluding hydrogens is 371 g/mol. The number of carbonyl (C=O) groups is 1. The van der Waals surface area contributed by atoms with Gasteiger partial charge in [-0.3, -0.25) is 14.2 Å². The number of alkyl halides is 3.